The van der Waals surface area contributed by atoms with Crippen LogP contribution >= 0.6 is 15.9 Å². The number of anilines is 1. The number of amides is 1. The van der Waals surface area contributed by atoms with E-state index in [9.17, 15) is 14.7 Å². The van der Waals surface area contributed by atoms with Crippen LogP contribution in [0.25, 0.3) is 0 Å². The molecule has 0 spiro atoms. The Labute approximate surface area is 107 Å². The molecule has 0 aromatic heterocycles. The van der Waals surface area contributed by atoms with Crippen molar-refractivity contribution in [2.24, 2.45) is 0 Å². The number of carbonyl (C=O) groups excluding carboxylic acids is 2. The summed E-state index contributed by atoms with van der Waals surface area (Å²) in [6, 6.07) is 4.09. The highest BCUT2D eigenvalue weighted by molar-refractivity contribution is 9.10. The molecule has 0 radical (unpaired) electrons. The fraction of sp³-hybridized carbons (Fsp3) is 0.273. The highest BCUT2D eigenvalue weighted by atomic mass is 79.9. The maximum Gasteiger partial charge on any atom is 0.337 e. The molecule has 1 unspecified atom stereocenters. The first-order chi connectivity index (χ1) is 7.95. The van der Waals surface area contributed by atoms with E-state index < -0.39 is 10.8 Å². The lowest BCUT2D eigenvalue weighted by Gasteiger charge is -2.09. The van der Waals surface area contributed by atoms with E-state index in [1.165, 1.54) is 25.3 Å². The van der Waals surface area contributed by atoms with Crippen LogP contribution < -0.4 is 5.32 Å². The quantitative estimate of drug-likeness (QED) is 0.508. The molecule has 92 valence electrons. The Morgan fingerprint density at radius 1 is 1.47 bits per heavy atom. The van der Waals surface area contributed by atoms with Gasteiger partial charge in [-0.25, -0.2) is 4.79 Å². The van der Waals surface area contributed by atoms with Crippen molar-refractivity contribution in [1.29, 1.82) is 0 Å². The van der Waals surface area contributed by atoms with Crippen molar-refractivity contribution in [3.8, 4) is 5.75 Å². The Morgan fingerprint density at radius 3 is 2.65 bits per heavy atom. The molecule has 0 aliphatic carbocycles. The zero-order valence-electron chi connectivity index (χ0n) is 9.36. The van der Waals surface area contributed by atoms with Crippen molar-refractivity contribution in [2.45, 2.75) is 11.8 Å². The third kappa shape index (κ3) is 3.45. The number of hydrogen-bond acceptors (Lipinski definition) is 4. The van der Waals surface area contributed by atoms with Gasteiger partial charge in [-0.05, 0) is 25.1 Å². The Morgan fingerprint density at radius 2 is 2.12 bits per heavy atom. The fourth-order valence-electron chi connectivity index (χ4n) is 1.11. The predicted octanol–water partition coefficient (Wildman–Crippen LogP) is 1.90. The molecule has 1 atom stereocenters. The number of esters is 1. The Balaban J connectivity index is 2.99. The van der Waals surface area contributed by atoms with E-state index in [2.05, 4.69) is 26.0 Å². The van der Waals surface area contributed by atoms with E-state index in [4.69, 9.17) is 0 Å². The highest BCUT2D eigenvalue weighted by Crippen LogP contribution is 2.25. The summed E-state index contributed by atoms with van der Waals surface area (Å²) in [5.41, 5.74) is 0.423. The third-order valence-corrected chi connectivity index (χ3v) is 2.45. The lowest BCUT2D eigenvalue weighted by Crippen LogP contribution is -2.20. The number of alkyl halides is 1. The molecule has 6 heteroatoms. The van der Waals surface area contributed by atoms with Gasteiger partial charge >= 0.3 is 5.97 Å². The molecular weight excluding hydrogens is 290 g/mol. The summed E-state index contributed by atoms with van der Waals surface area (Å²) < 4.78 is 4.54. The van der Waals surface area contributed by atoms with Crippen LogP contribution in [0, 0.1) is 0 Å². The summed E-state index contributed by atoms with van der Waals surface area (Å²) in [6.45, 7) is 1.65. The number of rotatable bonds is 3. The van der Waals surface area contributed by atoms with Crippen molar-refractivity contribution >= 4 is 33.5 Å². The lowest BCUT2D eigenvalue weighted by molar-refractivity contribution is -0.115. The minimum absolute atomic E-state index is 0.112. The predicted molar refractivity (Wildman–Crippen MR) is 66.5 cm³/mol. The number of ether oxygens (including phenoxy) is 1. The van der Waals surface area contributed by atoms with Crippen molar-refractivity contribution in [2.75, 3.05) is 12.4 Å². The molecule has 0 saturated carbocycles. The van der Waals surface area contributed by atoms with Crippen LogP contribution in [-0.4, -0.2) is 28.9 Å². The molecule has 0 bridgehead atoms. The number of carbonyl (C=O) groups is 2. The lowest BCUT2D eigenvalue weighted by atomic mass is 10.2. The topological polar surface area (TPSA) is 75.6 Å². The monoisotopic (exact) mass is 301 g/mol. The molecule has 0 saturated heterocycles. The van der Waals surface area contributed by atoms with Gasteiger partial charge in [-0.1, -0.05) is 15.9 Å². The van der Waals surface area contributed by atoms with Gasteiger partial charge in [0.15, 0.2) is 0 Å². The minimum Gasteiger partial charge on any atom is -0.506 e. The van der Waals surface area contributed by atoms with Gasteiger partial charge in [-0.3, -0.25) is 4.79 Å². The number of phenols is 1. The molecule has 1 aromatic carbocycles. The largest absolute Gasteiger partial charge is 0.506 e. The Hall–Kier alpha value is -1.56. The maximum atomic E-state index is 11.4. The van der Waals surface area contributed by atoms with Crippen molar-refractivity contribution in [3.63, 3.8) is 0 Å². The standard InChI is InChI=1S/C11H12BrNO4/c1-6(12)10(15)13-8-5-7(11(16)17-2)3-4-9(8)14/h3-6,14H,1-2H3,(H,13,15). The van der Waals surface area contributed by atoms with Crippen molar-refractivity contribution < 1.29 is 19.4 Å². The van der Waals surface area contributed by atoms with Gasteiger partial charge in [0.2, 0.25) is 5.91 Å². The first kappa shape index (κ1) is 13.5. The summed E-state index contributed by atoms with van der Waals surface area (Å²) in [7, 11) is 1.26. The molecule has 1 amide bonds. The summed E-state index contributed by atoms with van der Waals surface area (Å²) in [6.07, 6.45) is 0. The van der Waals surface area contributed by atoms with Gasteiger partial charge in [-0.15, -0.1) is 0 Å². The molecule has 0 heterocycles. The van der Waals surface area contributed by atoms with Crippen LogP contribution in [0.15, 0.2) is 18.2 Å². The molecule has 17 heavy (non-hydrogen) atoms. The normalized spacial score (nSPS) is 11.7. The zero-order chi connectivity index (χ0) is 13.0. The van der Waals surface area contributed by atoms with E-state index in [0.29, 0.717) is 0 Å². The number of phenolic OH excluding ortho intramolecular Hbond substituents is 1. The second-order valence-corrected chi connectivity index (χ2v) is 4.70. The maximum absolute atomic E-state index is 11.4. The summed E-state index contributed by atoms with van der Waals surface area (Å²) in [5.74, 6) is -0.964. The van der Waals surface area contributed by atoms with E-state index in [0.717, 1.165) is 0 Å². The van der Waals surface area contributed by atoms with E-state index in [1.54, 1.807) is 6.92 Å². The number of nitrogens with one attached hydrogen (secondary N) is 1. The first-order valence-electron chi connectivity index (χ1n) is 4.82. The summed E-state index contributed by atoms with van der Waals surface area (Å²) in [4.78, 5) is 22.3. The summed E-state index contributed by atoms with van der Waals surface area (Å²) in [5, 5.41) is 12.0. The van der Waals surface area contributed by atoms with Crippen LogP contribution in [0.4, 0.5) is 5.69 Å². The second-order valence-electron chi connectivity index (χ2n) is 3.33. The van der Waals surface area contributed by atoms with Gasteiger partial charge in [0.1, 0.15) is 5.75 Å². The molecule has 1 rings (SSSR count). The second kappa shape index (κ2) is 5.67. The molecular formula is C11H12BrNO4. The van der Waals surface area contributed by atoms with Crippen LogP contribution in [0.5, 0.6) is 5.75 Å². The van der Waals surface area contributed by atoms with Gasteiger partial charge < -0.3 is 15.2 Å². The molecule has 1 aromatic rings. The number of aromatic hydroxyl groups is 1. The van der Waals surface area contributed by atoms with Crippen LogP contribution in [0.1, 0.15) is 17.3 Å². The minimum atomic E-state index is -0.535. The highest BCUT2D eigenvalue weighted by Gasteiger charge is 2.14. The molecule has 0 aliphatic rings. The number of methoxy groups -OCH3 is 1. The van der Waals surface area contributed by atoms with E-state index in [-0.39, 0.29) is 22.9 Å². The van der Waals surface area contributed by atoms with Gasteiger partial charge in [0.25, 0.3) is 0 Å². The SMILES string of the molecule is COC(=O)c1ccc(O)c(NC(=O)C(C)Br)c1. The van der Waals surface area contributed by atoms with Crippen LogP contribution in [-0.2, 0) is 9.53 Å². The van der Waals surface area contributed by atoms with E-state index in [1.807, 2.05) is 0 Å². The van der Waals surface area contributed by atoms with E-state index >= 15 is 0 Å². The average molecular weight is 302 g/mol. The van der Waals surface area contributed by atoms with Crippen LogP contribution in [0.2, 0.25) is 0 Å². The van der Waals surface area contributed by atoms with Gasteiger partial charge in [-0.2, -0.15) is 0 Å². The zero-order valence-corrected chi connectivity index (χ0v) is 10.9. The van der Waals surface area contributed by atoms with Crippen LogP contribution in [0.3, 0.4) is 0 Å². The van der Waals surface area contributed by atoms with Crippen molar-refractivity contribution in [3.05, 3.63) is 23.8 Å². The van der Waals surface area contributed by atoms with Crippen molar-refractivity contribution in [1.82, 2.24) is 0 Å². The van der Waals surface area contributed by atoms with Gasteiger partial charge in [0, 0.05) is 0 Å². The number of hydrogen-bond donors (Lipinski definition) is 2. The smallest absolute Gasteiger partial charge is 0.337 e. The Bertz CT molecular complexity index is 445. The first-order valence-corrected chi connectivity index (χ1v) is 5.73. The summed E-state index contributed by atoms with van der Waals surface area (Å²) >= 11 is 3.10. The Kier molecular flexibility index (Phi) is 4.51. The number of benzene rings is 1. The molecule has 0 fully saturated rings. The van der Waals surface area contributed by atoms with Gasteiger partial charge in [0.05, 0.1) is 23.2 Å². The molecule has 2 N–H and O–H groups in total. The number of halogens is 1. The fourth-order valence-corrected chi connectivity index (χ4v) is 1.23. The molecule has 0 aliphatic heterocycles. The average Bonchev–Trinajstić information content (AvgIpc) is 2.30. The third-order valence-electron chi connectivity index (χ3n) is 2.04. The molecule has 5 nitrogen and oxygen atoms in total.